The highest BCUT2D eigenvalue weighted by Crippen LogP contribution is 2.58. The van der Waals surface area contributed by atoms with Crippen LogP contribution in [-0.2, 0) is 9.59 Å². The van der Waals surface area contributed by atoms with Gasteiger partial charge in [-0.15, -0.1) is 0 Å². The quantitative estimate of drug-likeness (QED) is 0.703. The monoisotopic (exact) mass is 266 g/mol. The molecule has 0 radical (unpaired) electrons. The number of carbonyl (C=O) groups excluding carboxylic acids is 2. The maximum absolute atomic E-state index is 11.9. The Morgan fingerprint density at radius 1 is 1.42 bits per heavy atom. The molecule has 1 atom stereocenters. The van der Waals surface area contributed by atoms with Crippen LogP contribution in [-0.4, -0.2) is 48.1 Å². The normalized spacial score (nSPS) is 24.1. The fraction of sp³-hybridized carbons (Fsp3) is 0.714. The maximum Gasteiger partial charge on any atom is 0.243 e. The van der Waals surface area contributed by atoms with E-state index in [4.69, 9.17) is 5.11 Å². The molecule has 1 aliphatic heterocycles. The van der Waals surface area contributed by atoms with Crippen LogP contribution in [0.1, 0.15) is 25.7 Å². The van der Waals surface area contributed by atoms with E-state index in [0.717, 1.165) is 32.4 Å². The Kier molecular flexibility index (Phi) is 4.24. The molecule has 2 fully saturated rings. The lowest BCUT2D eigenvalue weighted by Gasteiger charge is -2.33. The van der Waals surface area contributed by atoms with Crippen LogP contribution < -0.4 is 5.32 Å². The third-order valence-corrected chi connectivity index (χ3v) is 4.51. The van der Waals surface area contributed by atoms with Crippen LogP contribution in [0.3, 0.4) is 0 Å². The van der Waals surface area contributed by atoms with E-state index in [1.54, 1.807) is 0 Å². The van der Waals surface area contributed by atoms with E-state index in [0.29, 0.717) is 24.3 Å². The summed E-state index contributed by atoms with van der Waals surface area (Å²) >= 11 is 0. The lowest BCUT2D eigenvalue weighted by atomic mass is 9.91. The number of aliphatic hydroxyl groups excluding tert-OH is 1. The molecule has 0 aromatic heterocycles. The first-order valence-electron chi connectivity index (χ1n) is 6.90. The molecule has 1 saturated carbocycles. The molecule has 2 amide bonds. The number of likely N-dealkylation sites (tertiary alicyclic amines) is 1. The number of rotatable bonds is 5. The molecule has 1 spiro atoms. The van der Waals surface area contributed by atoms with Gasteiger partial charge in [-0.1, -0.05) is 6.58 Å². The lowest BCUT2D eigenvalue weighted by molar-refractivity contribution is -0.132. The van der Waals surface area contributed by atoms with E-state index in [1.165, 1.54) is 6.08 Å². The van der Waals surface area contributed by atoms with Crippen molar-refractivity contribution in [3.63, 3.8) is 0 Å². The Hall–Kier alpha value is -1.36. The predicted molar refractivity (Wildman–Crippen MR) is 71.3 cm³/mol. The van der Waals surface area contributed by atoms with Gasteiger partial charge in [-0.05, 0) is 36.7 Å². The summed E-state index contributed by atoms with van der Waals surface area (Å²) in [5.74, 6) is 0.311. The van der Waals surface area contributed by atoms with E-state index < -0.39 is 0 Å². The molecule has 0 aromatic carbocycles. The van der Waals surface area contributed by atoms with E-state index in [-0.39, 0.29) is 18.4 Å². The molecule has 0 bridgehead atoms. The highest BCUT2D eigenvalue weighted by atomic mass is 16.3. The first kappa shape index (κ1) is 14.1. The van der Waals surface area contributed by atoms with Crippen molar-refractivity contribution in [1.82, 2.24) is 10.2 Å². The maximum atomic E-state index is 11.9. The number of amides is 2. The Morgan fingerprint density at radius 3 is 2.63 bits per heavy atom. The van der Waals surface area contributed by atoms with Gasteiger partial charge in [-0.2, -0.15) is 0 Å². The fourth-order valence-electron chi connectivity index (χ4n) is 3.03. The molecule has 1 saturated heterocycles. The summed E-state index contributed by atoms with van der Waals surface area (Å²) in [6, 6.07) is 0. The number of hydrogen-bond acceptors (Lipinski definition) is 3. The molecule has 1 heterocycles. The summed E-state index contributed by atoms with van der Waals surface area (Å²) in [6.07, 6.45) is 4.67. The zero-order valence-electron chi connectivity index (χ0n) is 11.2. The molecule has 2 aliphatic rings. The van der Waals surface area contributed by atoms with Gasteiger partial charge in [-0.25, -0.2) is 0 Å². The summed E-state index contributed by atoms with van der Waals surface area (Å²) in [4.78, 5) is 24.8. The van der Waals surface area contributed by atoms with Gasteiger partial charge in [-0.3, -0.25) is 9.59 Å². The lowest BCUT2D eigenvalue weighted by Crippen LogP contribution is -2.41. The number of piperidine rings is 1. The van der Waals surface area contributed by atoms with Crippen LogP contribution in [0.4, 0.5) is 0 Å². The zero-order valence-corrected chi connectivity index (χ0v) is 11.2. The average molecular weight is 266 g/mol. The number of carbonyl (C=O) groups is 2. The van der Waals surface area contributed by atoms with Gasteiger partial charge in [0, 0.05) is 32.7 Å². The molecule has 106 valence electrons. The Balaban J connectivity index is 1.68. The third kappa shape index (κ3) is 3.15. The SMILES string of the molecule is C=CC(=O)NCCC(=O)N1CCC2(CC1)CC2CO. The van der Waals surface area contributed by atoms with Gasteiger partial charge in [0.15, 0.2) is 0 Å². The molecule has 2 N–H and O–H groups in total. The summed E-state index contributed by atoms with van der Waals surface area (Å²) in [7, 11) is 0. The van der Waals surface area contributed by atoms with Crippen molar-refractivity contribution >= 4 is 11.8 Å². The van der Waals surface area contributed by atoms with Crippen LogP contribution in [0, 0.1) is 11.3 Å². The van der Waals surface area contributed by atoms with Gasteiger partial charge in [0.2, 0.25) is 11.8 Å². The standard InChI is InChI=1S/C14H22N2O3/c1-2-12(18)15-6-3-13(19)16-7-4-14(5-8-16)9-11(14)10-17/h2,11,17H,1,3-10H2,(H,15,18). The number of nitrogens with zero attached hydrogens (tertiary/aromatic N) is 1. The smallest absolute Gasteiger partial charge is 0.243 e. The number of aliphatic hydroxyl groups is 1. The van der Waals surface area contributed by atoms with Crippen molar-refractivity contribution in [2.45, 2.75) is 25.7 Å². The van der Waals surface area contributed by atoms with Gasteiger partial charge < -0.3 is 15.3 Å². The third-order valence-electron chi connectivity index (χ3n) is 4.51. The van der Waals surface area contributed by atoms with Crippen molar-refractivity contribution in [2.75, 3.05) is 26.2 Å². The van der Waals surface area contributed by atoms with Crippen molar-refractivity contribution in [3.05, 3.63) is 12.7 Å². The van der Waals surface area contributed by atoms with Crippen molar-refractivity contribution in [1.29, 1.82) is 0 Å². The molecule has 5 nitrogen and oxygen atoms in total. The second-order valence-corrected chi connectivity index (χ2v) is 5.57. The molecule has 0 aromatic rings. The second kappa shape index (κ2) is 5.74. The van der Waals surface area contributed by atoms with Crippen LogP contribution in [0.15, 0.2) is 12.7 Å². The Labute approximate surface area is 113 Å². The minimum atomic E-state index is -0.242. The Morgan fingerprint density at radius 2 is 2.11 bits per heavy atom. The number of hydrogen-bond donors (Lipinski definition) is 2. The summed E-state index contributed by atoms with van der Waals surface area (Å²) in [5, 5.41) is 11.8. The highest BCUT2D eigenvalue weighted by molar-refractivity contribution is 5.87. The predicted octanol–water partition coefficient (Wildman–Crippen LogP) is 0.300. The minimum Gasteiger partial charge on any atom is -0.396 e. The minimum absolute atomic E-state index is 0.0976. The van der Waals surface area contributed by atoms with Crippen LogP contribution in [0.5, 0.6) is 0 Å². The highest BCUT2D eigenvalue weighted by Gasteiger charge is 2.54. The van der Waals surface area contributed by atoms with E-state index in [1.807, 2.05) is 4.90 Å². The van der Waals surface area contributed by atoms with E-state index in [9.17, 15) is 9.59 Å². The first-order chi connectivity index (χ1) is 9.11. The van der Waals surface area contributed by atoms with Gasteiger partial charge in [0.05, 0.1) is 0 Å². The van der Waals surface area contributed by atoms with Crippen LogP contribution >= 0.6 is 0 Å². The summed E-state index contributed by atoms with van der Waals surface area (Å²) in [6.45, 7) is 5.57. The molecule has 5 heteroatoms. The fourth-order valence-corrected chi connectivity index (χ4v) is 3.03. The average Bonchev–Trinajstić information content (AvgIpc) is 3.12. The first-order valence-corrected chi connectivity index (χ1v) is 6.90. The van der Waals surface area contributed by atoms with Gasteiger partial charge >= 0.3 is 0 Å². The van der Waals surface area contributed by atoms with E-state index in [2.05, 4.69) is 11.9 Å². The molecule has 2 rings (SSSR count). The topological polar surface area (TPSA) is 69.6 Å². The van der Waals surface area contributed by atoms with Crippen molar-refractivity contribution in [2.24, 2.45) is 11.3 Å². The molecule has 1 aliphatic carbocycles. The molecule has 19 heavy (non-hydrogen) atoms. The zero-order chi connectivity index (χ0) is 13.9. The van der Waals surface area contributed by atoms with Crippen LogP contribution in [0.2, 0.25) is 0 Å². The number of nitrogens with one attached hydrogen (secondary N) is 1. The van der Waals surface area contributed by atoms with E-state index >= 15 is 0 Å². The van der Waals surface area contributed by atoms with Crippen molar-refractivity contribution < 1.29 is 14.7 Å². The Bertz CT molecular complexity index is 373. The molecular weight excluding hydrogens is 244 g/mol. The van der Waals surface area contributed by atoms with Gasteiger partial charge in [0.25, 0.3) is 0 Å². The second-order valence-electron chi connectivity index (χ2n) is 5.57. The molecule has 1 unspecified atom stereocenters. The summed E-state index contributed by atoms with van der Waals surface area (Å²) < 4.78 is 0. The van der Waals surface area contributed by atoms with Gasteiger partial charge in [0.1, 0.15) is 0 Å². The van der Waals surface area contributed by atoms with Crippen LogP contribution in [0.25, 0.3) is 0 Å². The molecular formula is C14H22N2O3. The largest absolute Gasteiger partial charge is 0.396 e. The summed E-state index contributed by atoms with van der Waals surface area (Å²) in [5.41, 5.74) is 0.322. The van der Waals surface area contributed by atoms with Crippen molar-refractivity contribution in [3.8, 4) is 0 Å².